The monoisotopic (exact) mass is 383 g/mol. The Labute approximate surface area is 132 Å². The number of aromatic nitrogens is 4. The first kappa shape index (κ1) is 15.1. The molecule has 5 nitrogen and oxygen atoms in total. The first-order valence-corrected chi connectivity index (χ1v) is 7.63. The smallest absolute Gasteiger partial charge is 0.180 e. The van der Waals surface area contributed by atoms with Crippen LogP contribution in [0.3, 0.4) is 0 Å². The van der Waals surface area contributed by atoms with Gasteiger partial charge in [-0.05, 0) is 47.9 Å². The van der Waals surface area contributed by atoms with Crippen molar-refractivity contribution in [2.75, 3.05) is 12.4 Å². The van der Waals surface area contributed by atoms with E-state index in [1.807, 2.05) is 20.0 Å². The van der Waals surface area contributed by atoms with E-state index >= 15 is 0 Å². The molecule has 0 unspecified atom stereocenters. The van der Waals surface area contributed by atoms with Crippen molar-refractivity contribution in [3.63, 3.8) is 0 Å². The molecular formula is C14H18IN5. The van der Waals surface area contributed by atoms with Gasteiger partial charge in [0.25, 0.3) is 0 Å². The quantitative estimate of drug-likeness (QED) is 0.823. The number of nitrogens with one attached hydrogen (secondary N) is 1. The van der Waals surface area contributed by atoms with E-state index in [9.17, 15) is 0 Å². The first-order chi connectivity index (χ1) is 9.51. The lowest BCUT2D eigenvalue weighted by atomic mass is 10.1. The number of nitrogens with zero attached hydrogens (tertiary/aromatic N) is 4. The highest BCUT2D eigenvalue weighted by molar-refractivity contribution is 14.1. The van der Waals surface area contributed by atoms with Gasteiger partial charge in [-0.25, -0.2) is 19.9 Å². The molecule has 2 rings (SSSR count). The summed E-state index contributed by atoms with van der Waals surface area (Å²) in [5.41, 5.74) is 1.82. The van der Waals surface area contributed by atoms with Crippen molar-refractivity contribution in [3.05, 3.63) is 27.4 Å². The van der Waals surface area contributed by atoms with Gasteiger partial charge in [0.1, 0.15) is 17.3 Å². The van der Waals surface area contributed by atoms with Crippen LogP contribution < -0.4 is 5.32 Å². The average Bonchev–Trinajstić information content (AvgIpc) is 2.40. The summed E-state index contributed by atoms with van der Waals surface area (Å²) in [6.45, 7) is 6.24. The lowest BCUT2D eigenvalue weighted by molar-refractivity contribution is 0.632. The summed E-state index contributed by atoms with van der Waals surface area (Å²) in [5, 5.41) is 3.13. The third kappa shape index (κ3) is 3.41. The molecule has 0 spiro atoms. The number of halogens is 1. The molecule has 2 heterocycles. The molecule has 0 aliphatic heterocycles. The molecule has 0 amide bonds. The fraction of sp³-hybridized carbons (Fsp3) is 0.429. The Hall–Kier alpha value is -1.31. The van der Waals surface area contributed by atoms with Gasteiger partial charge < -0.3 is 5.32 Å². The second-order valence-corrected chi connectivity index (χ2v) is 6.07. The average molecular weight is 383 g/mol. The van der Waals surface area contributed by atoms with Gasteiger partial charge in [-0.3, -0.25) is 0 Å². The van der Waals surface area contributed by atoms with Crippen LogP contribution in [0.1, 0.15) is 25.4 Å². The van der Waals surface area contributed by atoms with Gasteiger partial charge in [0.15, 0.2) is 5.82 Å². The third-order valence-electron chi connectivity index (χ3n) is 2.76. The van der Waals surface area contributed by atoms with Crippen LogP contribution in [0.2, 0.25) is 0 Å². The third-order valence-corrected chi connectivity index (χ3v) is 3.90. The Bertz CT molecular complexity index is 613. The lowest BCUT2D eigenvalue weighted by Gasteiger charge is -2.12. The predicted octanol–water partition coefficient (Wildman–Crippen LogP) is 3.09. The lowest BCUT2D eigenvalue weighted by Crippen LogP contribution is -2.08. The second kappa shape index (κ2) is 6.43. The zero-order valence-electron chi connectivity index (χ0n) is 12.1. The van der Waals surface area contributed by atoms with Gasteiger partial charge in [-0.2, -0.15) is 0 Å². The fourth-order valence-electron chi connectivity index (χ4n) is 1.88. The van der Waals surface area contributed by atoms with Crippen molar-refractivity contribution in [3.8, 4) is 11.5 Å². The molecule has 0 aliphatic rings. The van der Waals surface area contributed by atoms with Crippen LogP contribution in [0.15, 0.2) is 12.3 Å². The summed E-state index contributed by atoms with van der Waals surface area (Å²) in [5.74, 6) is 2.77. The summed E-state index contributed by atoms with van der Waals surface area (Å²) < 4.78 is 1.08. The van der Waals surface area contributed by atoms with E-state index < -0.39 is 0 Å². The molecule has 1 N–H and O–H groups in total. The minimum Gasteiger partial charge on any atom is -0.372 e. The number of aryl methyl sites for hydroxylation is 1. The molecule has 20 heavy (non-hydrogen) atoms. The number of hydrogen-bond donors (Lipinski definition) is 1. The summed E-state index contributed by atoms with van der Waals surface area (Å²) in [6, 6.07) is 1.84. The Kier molecular flexibility index (Phi) is 4.85. The molecule has 2 aromatic heterocycles. The molecule has 106 valence electrons. The van der Waals surface area contributed by atoms with Crippen LogP contribution in [-0.4, -0.2) is 27.0 Å². The molecule has 0 radical (unpaired) electrons. The van der Waals surface area contributed by atoms with E-state index in [1.165, 1.54) is 0 Å². The zero-order chi connectivity index (χ0) is 14.7. The van der Waals surface area contributed by atoms with Crippen LogP contribution in [0.5, 0.6) is 0 Å². The highest BCUT2D eigenvalue weighted by Gasteiger charge is 2.14. The van der Waals surface area contributed by atoms with Gasteiger partial charge in [0.05, 0.1) is 9.26 Å². The SMILES string of the molecule is CNc1nc(-c2ccnc(C)n2)nc(CC(C)C)c1I. The summed E-state index contributed by atoms with van der Waals surface area (Å²) >= 11 is 2.30. The Morgan fingerprint density at radius 2 is 2.00 bits per heavy atom. The summed E-state index contributed by atoms with van der Waals surface area (Å²) in [7, 11) is 1.87. The Balaban J connectivity index is 2.53. The normalized spacial score (nSPS) is 10.9. The maximum Gasteiger partial charge on any atom is 0.180 e. The highest BCUT2D eigenvalue weighted by Crippen LogP contribution is 2.24. The highest BCUT2D eigenvalue weighted by atomic mass is 127. The van der Waals surface area contributed by atoms with Gasteiger partial charge in [-0.1, -0.05) is 13.8 Å². The van der Waals surface area contributed by atoms with Gasteiger partial charge in [-0.15, -0.1) is 0 Å². The minimum atomic E-state index is 0.545. The molecule has 0 aliphatic carbocycles. The molecule has 6 heteroatoms. The number of anilines is 1. The van der Waals surface area contributed by atoms with Crippen molar-refractivity contribution in [2.45, 2.75) is 27.2 Å². The van der Waals surface area contributed by atoms with Gasteiger partial charge in [0.2, 0.25) is 0 Å². The Morgan fingerprint density at radius 1 is 1.25 bits per heavy atom. The van der Waals surface area contributed by atoms with E-state index in [2.05, 4.69) is 61.7 Å². The molecule has 0 bridgehead atoms. The molecule has 0 fully saturated rings. The van der Waals surface area contributed by atoms with E-state index in [1.54, 1.807) is 6.20 Å². The Morgan fingerprint density at radius 3 is 2.60 bits per heavy atom. The van der Waals surface area contributed by atoms with Gasteiger partial charge in [0, 0.05) is 13.2 Å². The van der Waals surface area contributed by atoms with Crippen molar-refractivity contribution in [2.24, 2.45) is 5.92 Å². The van der Waals surface area contributed by atoms with Crippen LogP contribution in [0.4, 0.5) is 5.82 Å². The zero-order valence-corrected chi connectivity index (χ0v) is 14.3. The molecule has 0 saturated heterocycles. The fourth-order valence-corrected chi connectivity index (χ4v) is 2.61. The van der Waals surface area contributed by atoms with Crippen molar-refractivity contribution >= 4 is 28.4 Å². The standard InChI is InChI=1S/C14H18IN5/c1-8(2)7-11-12(15)14(16-4)20-13(19-11)10-5-6-17-9(3)18-10/h5-6,8H,7H2,1-4H3,(H,16,19,20). The minimum absolute atomic E-state index is 0.545. The summed E-state index contributed by atoms with van der Waals surface area (Å²) in [4.78, 5) is 17.7. The van der Waals surface area contributed by atoms with Crippen molar-refractivity contribution < 1.29 is 0 Å². The molecule has 0 atom stereocenters. The van der Waals surface area contributed by atoms with Crippen molar-refractivity contribution in [1.29, 1.82) is 0 Å². The topological polar surface area (TPSA) is 63.6 Å². The molecular weight excluding hydrogens is 365 g/mol. The second-order valence-electron chi connectivity index (χ2n) is 4.99. The van der Waals surface area contributed by atoms with E-state index in [0.717, 1.165) is 33.0 Å². The van der Waals surface area contributed by atoms with Crippen LogP contribution in [0, 0.1) is 16.4 Å². The largest absolute Gasteiger partial charge is 0.372 e. The van der Waals surface area contributed by atoms with Crippen LogP contribution in [0.25, 0.3) is 11.5 Å². The summed E-state index contributed by atoms with van der Waals surface area (Å²) in [6.07, 6.45) is 2.66. The van der Waals surface area contributed by atoms with Crippen LogP contribution in [-0.2, 0) is 6.42 Å². The van der Waals surface area contributed by atoms with Crippen LogP contribution >= 0.6 is 22.6 Å². The maximum atomic E-state index is 4.68. The number of rotatable bonds is 4. The van der Waals surface area contributed by atoms with E-state index in [0.29, 0.717) is 11.7 Å². The van der Waals surface area contributed by atoms with Crippen molar-refractivity contribution in [1.82, 2.24) is 19.9 Å². The van der Waals surface area contributed by atoms with E-state index in [-0.39, 0.29) is 0 Å². The van der Waals surface area contributed by atoms with Gasteiger partial charge >= 0.3 is 0 Å². The molecule has 0 aromatic carbocycles. The molecule has 2 aromatic rings. The van der Waals surface area contributed by atoms with E-state index in [4.69, 9.17) is 0 Å². The maximum absolute atomic E-state index is 4.68. The predicted molar refractivity (Wildman–Crippen MR) is 88.6 cm³/mol. The molecule has 0 saturated carbocycles. The first-order valence-electron chi connectivity index (χ1n) is 6.55. The number of hydrogen-bond acceptors (Lipinski definition) is 5.